The first-order valence-corrected chi connectivity index (χ1v) is 11.3. The van der Waals surface area contributed by atoms with E-state index in [9.17, 15) is 0 Å². The molecule has 0 saturated carbocycles. The Hall–Kier alpha value is 0.274. The maximum Gasteiger partial charge on any atom is 0.0856 e. The van der Waals surface area contributed by atoms with Crippen molar-refractivity contribution in [2.75, 3.05) is 19.8 Å². The number of aliphatic hydroxyl groups is 3. The predicted molar refractivity (Wildman–Crippen MR) is 61.5 cm³/mol. The fraction of sp³-hybridized carbons (Fsp3) is 1.00. The summed E-state index contributed by atoms with van der Waals surface area (Å²) in [6, 6.07) is 0. The van der Waals surface area contributed by atoms with Gasteiger partial charge in [0.1, 0.15) is 0 Å². The van der Waals surface area contributed by atoms with E-state index in [-0.39, 0.29) is 0 Å². The normalized spacial score (nSPS) is 12.2. The van der Waals surface area contributed by atoms with Crippen LogP contribution in [0.25, 0.3) is 0 Å². The lowest BCUT2D eigenvalue weighted by Crippen LogP contribution is -2.50. The molecular weight excluding hydrogens is 202 g/mol. The summed E-state index contributed by atoms with van der Waals surface area (Å²) in [5.74, 6) is 0. The van der Waals surface area contributed by atoms with Gasteiger partial charge in [0, 0.05) is 7.59 Å². The van der Waals surface area contributed by atoms with Gasteiger partial charge in [-0.15, -0.1) is 0 Å². The third kappa shape index (κ3) is 15.1. The highest BCUT2D eigenvalue weighted by Crippen LogP contribution is 1.93. The van der Waals surface area contributed by atoms with Crippen LogP contribution in [0.2, 0.25) is 19.6 Å². The van der Waals surface area contributed by atoms with Gasteiger partial charge in [-0.2, -0.15) is 0 Å². The second-order valence-corrected chi connectivity index (χ2v) is 19.8. The number of aliphatic hydroxyl groups excluding tert-OH is 3. The molecule has 0 aromatic carbocycles. The molecule has 6 heteroatoms. The molecule has 0 aliphatic rings. The molecule has 4 nitrogen and oxygen atoms in total. The Morgan fingerprint density at radius 3 is 1.23 bits per heavy atom. The topological polar surface area (TPSA) is 86.7 Å². The summed E-state index contributed by atoms with van der Waals surface area (Å²) in [6.45, 7) is 5.96. The summed E-state index contributed by atoms with van der Waals surface area (Å²) >= 11 is 0. The lowest BCUT2D eigenvalue weighted by Gasteiger charge is -2.20. The molecule has 0 saturated heterocycles. The van der Waals surface area contributed by atoms with Crippen molar-refractivity contribution in [1.29, 1.82) is 0 Å². The minimum atomic E-state index is -1.21. The van der Waals surface area contributed by atoms with Crippen molar-refractivity contribution in [2.24, 2.45) is 5.73 Å². The molecule has 0 radical (unpaired) electrons. The molecule has 0 amide bonds. The van der Waals surface area contributed by atoms with Crippen LogP contribution in [-0.4, -0.2) is 58.0 Å². The Balaban J connectivity index is 0. The van der Waals surface area contributed by atoms with Crippen molar-refractivity contribution >= 4 is 17.4 Å². The predicted octanol–water partition coefficient (Wildman–Crippen LogP) is -2.15. The smallest absolute Gasteiger partial charge is 0.0856 e. The van der Waals surface area contributed by atoms with Crippen LogP contribution in [0.4, 0.5) is 0 Å². The highest BCUT2D eigenvalue weighted by Gasteiger charge is 2.20. The molecule has 0 atom stereocenters. The Kier molecular flexibility index (Phi) is 8.09. The molecule has 0 aliphatic heterocycles. The average Bonchev–Trinajstić information content (AvgIpc) is 2.00. The van der Waals surface area contributed by atoms with Crippen LogP contribution in [0.3, 0.4) is 0 Å². The summed E-state index contributed by atoms with van der Waals surface area (Å²) in [7, 11) is 0.975. The van der Waals surface area contributed by atoms with Crippen LogP contribution >= 0.6 is 0 Å². The molecule has 0 spiro atoms. The Bertz CT molecular complexity index is 109. The largest absolute Gasteiger partial charge is 0.394 e. The van der Waals surface area contributed by atoms with Crippen LogP contribution in [0.1, 0.15) is 0 Å². The Morgan fingerprint density at radius 1 is 1.08 bits per heavy atom. The average molecular weight is 225 g/mol. The standard InChI is InChI=1S/C4H11NO3.C3H12Si2/c5-4(1-6,2-7)3-8;1-5(2,3)4/h6-8H,1-3,5H2;1-4H3. The Labute approximate surface area is 84.0 Å². The number of rotatable bonds is 3. The van der Waals surface area contributed by atoms with Crippen LogP contribution in [0, 0.1) is 0 Å². The molecular formula is C7H23NO3Si2. The maximum atomic E-state index is 8.34. The van der Waals surface area contributed by atoms with Gasteiger partial charge >= 0.3 is 0 Å². The van der Waals surface area contributed by atoms with Crippen molar-refractivity contribution in [3.63, 3.8) is 0 Å². The zero-order valence-corrected chi connectivity index (χ0v) is 12.0. The lowest BCUT2D eigenvalue weighted by molar-refractivity contribution is 0.0698. The van der Waals surface area contributed by atoms with Gasteiger partial charge in [-0.1, -0.05) is 19.6 Å². The molecule has 0 rings (SSSR count). The molecule has 0 aliphatic carbocycles. The third-order valence-electron chi connectivity index (χ3n) is 0.945. The van der Waals surface area contributed by atoms with Gasteiger partial charge in [-0.25, -0.2) is 0 Å². The molecule has 0 unspecified atom stereocenters. The molecule has 0 fully saturated rings. The van der Waals surface area contributed by atoms with E-state index < -0.39 is 33.0 Å². The summed E-state index contributed by atoms with van der Waals surface area (Å²) in [6.07, 6.45) is 0. The first-order valence-electron chi connectivity index (χ1n) is 4.30. The van der Waals surface area contributed by atoms with Gasteiger partial charge in [0.15, 0.2) is 0 Å². The van der Waals surface area contributed by atoms with Crippen molar-refractivity contribution in [1.82, 2.24) is 0 Å². The van der Waals surface area contributed by atoms with E-state index in [0.717, 1.165) is 0 Å². The molecule has 13 heavy (non-hydrogen) atoms. The summed E-state index contributed by atoms with van der Waals surface area (Å²) < 4.78 is 0. The molecule has 0 aromatic rings. The lowest BCUT2D eigenvalue weighted by atomic mass is 10.1. The molecule has 82 valence electrons. The van der Waals surface area contributed by atoms with Gasteiger partial charge in [0.25, 0.3) is 0 Å². The van der Waals surface area contributed by atoms with Crippen LogP contribution < -0.4 is 5.73 Å². The number of hydrogen-bond acceptors (Lipinski definition) is 4. The number of nitrogens with two attached hydrogens (primary N) is 1. The van der Waals surface area contributed by atoms with E-state index in [4.69, 9.17) is 21.1 Å². The van der Waals surface area contributed by atoms with Crippen LogP contribution in [0.15, 0.2) is 0 Å². The summed E-state index contributed by atoms with van der Waals surface area (Å²) in [5, 5.41) is 25.0. The summed E-state index contributed by atoms with van der Waals surface area (Å²) in [5.41, 5.74) is 3.94. The van der Waals surface area contributed by atoms with Crippen molar-refractivity contribution < 1.29 is 15.3 Å². The molecule has 0 aromatic heterocycles. The van der Waals surface area contributed by atoms with Crippen LogP contribution in [-0.2, 0) is 0 Å². The fourth-order valence-corrected chi connectivity index (χ4v) is 0.150. The Morgan fingerprint density at radius 2 is 1.23 bits per heavy atom. The van der Waals surface area contributed by atoms with E-state index in [1.54, 1.807) is 0 Å². The van der Waals surface area contributed by atoms with Crippen molar-refractivity contribution in [2.45, 2.75) is 25.2 Å². The zero-order valence-electron chi connectivity index (χ0n) is 9.04. The quantitative estimate of drug-likeness (QED) is 0.413. The SMILES string of the molecule is C[Si](C)(C)[SiH3].NC(CO)(CO)CO. The van der Waals surface area contributed by atoms with E-state index in [0.29, 0.717) is 0 Å². The van der Waals surface area contributed by atoms with Gasteiger partial charge in [0.05, 0.1) is 25.4 Å². The van der Waals surface area contributed by atoms with Gasteiger partial charge in [0.2, 0.25) is 0 Å². The van der Waals surface area contributed by atoms with E-state index in [1.807, 2.05) is 0 Å². The second-order valence-electron chi connectivity index (χ2n) is 4.84. The molecule has 0 bridgehead atoms. The minimum absolute atomic E-state index is 0.403. The maximum absolute atomic E-state index is 8.34. The number of hydrogen-bond donors (Lipinski definition) is 4. The van der Waals surface area contributed by atoms with Crippen LogP contribution in [0.5, 0.6) is 0 Å². The fourth-order valence-electron chi connectivity index (χ4n) is 0.150. The molecule has 0 heterocycles. The van der Waals surface area contributed by atoms with Gasteiger partial charge < -0.3 is 21.1 Å². The summed E-state index contributed by atoms with van der Waals surface area (Å²) in [4.78, 5) is 0. The zero-order chi connectivity index (χ0) is 11.1. The second kappa shape index (κ2) is 6.69. The first-order chi connectivity index (χ1) is 5.68. The van der Waals surface area contributed by atoms with E-state index >= 15 is 0 Å². The van der Waals surface area contributed by atoms with Crippen molar-refractivity contribution in [3.8, 4) is 0 Å². The highest BCUT2D eigenvalue weighted by atomic mass is 29.2. The van der Waals surface area contributed by atoms with Gasteiger partial charge in [-0.3, -0.25) is 0 Å². The van der Waals surface area contributed by atoms with Crippen molar-refractivity contribution in [3.05, 3.63) is 0 Å². The third-order valence-corrected chi connectivity index (χ3v) is 0.945. The first kappa shape index (κ1) is 15.7. The van der Waals surface area contributed by atoms with E-state index in [1.165, 1.54) is 9.76 Å². The minimum Gasteiger partial charge on any atom is -0.394 e. The van der Waals surface area contributed by atoms with Gasteiger partial charge in [-0.05, 0) is 9.76 Å². The highest BCUT2D eigenvalue weighted by molar-refractivity contribution is 7.15. The molecule has 5 N–H and O–H groups in total. The van der Waals surface area contributed by atoms with E-state index in [2.05, 4.69) is 19.6 Å². The monoisotopic (exact) mass is 225 g/mol.